The second-order valence-electron chi connectivity index (χ2n) is 0.217. The molecule has 0 spiro atoms. The maximum atomic E-state index is 8.56. The first kappa shape index (κ1) is 9.25. The molecule has 0 bridgehead atoms. The van der Waals surface area contributed by atoms with E-state index in [0.29, 0.717) is 0 Å². The van der Waals surface area contributed by atoms with Gasteiger partial charge in [-0.05, 0) is 0 Å². The molecule has 32 valence electrons. The van der Waals surface area contributed by atoms with Crippen LogP contribution in [0, 0.1) is 0 Å². The van der Waals surface area contributed by atoms with Crippen LogP contribution in [0.2, 0.25) is 0 Å². The van der Waals surface area contributed by atoms with Crippen molar-refractivity contribution in [1.82, 2.24) is 0 Å². The van der Waals surface area contributed by atoms with Gasteiger partial charge in [-0.3, -0.25) is 0 Å². The molecule has 0 atom stereocenters. The topological polar surface area (TPSA) is 54.4 Å². The summed E-state index contributed by atoms with van der Waals surface area (Å²) in [5, 5.41) is 0. The fourth-order valence-electron chi connectivity index (χ4n) is 0. The zero-order valence-corrected chi connectivity index (χ0v) is 7.55. The summed E-state index contributed by atoms with van der Waals surface area (Å²) in [5.74, 6) is 0. The van der Waals surface area contributed by atoms with E-state index in [2.05, 4.69) is 0 Å². The van der Waals surface area contributed by atoms with Crippen LogP contribution in [0.1, 0.15) is 0 Å². The van der Waals surface area contributed by atoms with E-state index in [4.69, 9.17) is 13.0 Å². The molecule has 0 rings (SSSR count). The van der Waals surface area contributed by atoms with Crippen molar-refractivity contribution >= 4 is 37.2 Å². The first-order chi connectivity index (χ1) is 1.73. The number of hydrogen-bond acceptors (Lipinski definition) is 3. The van der Waals surface area contributed by atoms with Gasteiger partial charge < -0.3 is 13.0 Å². The van der Waals surface area contributed by atoms with Crippen LogP contribution in [0.5, 0.6) is 0 Å². The fraction of sp³-hybridized carbons (Fsp3) is 0. The van der Waals surface area contributed by atoms with Crippen molar-refractivity contribution in [2.75, 3.05) is 0 Å². The summed E-state index contributed by atoms with van der Waals surface area (Å²) in [6.07, 6.45) is 0. The van der Waals surface area contributed by atoms with E-state index in [1.165, 1.54) is 0 Å². The average molecular weight is 292 g/mol. The molecule has 0 fully saturated rings. The Kier molecular flexibility index (Phi) is 8.87. The van der Waals surface area contributed by atoms with Gasteiger partial charge in [0, 0.05) is 11.0 Å². The van der Waals surface area contributed by atoms with E-state index < -0.39 is 11.0 Å². The van der Waals surface area contributed by atoms with Crippen LogP contribution in [-0.2, 0) is 19.4 Å². The zero-order chi connectivity index (χ0) is 3.58. The van der Waals surface area contributed by atoms with Gasteiger partial charge in [0.05, 0.1) is 0 Å². The van der Waals surface area contributed by atoms with Gasteiger partial charge >= 0.3 is 26.2 Å². The van der Waals surface area contributed by atoms with Crippen LogP contribution >= 0.6 is 0 Å². The molecule has 0 aromatic carbocycles. The third kappa shape index (κ3) is 59.4. The van der Waals surface area contributed by atoms with Gasteiger partial charge in [0.15, 0.2) is 0 Å². The summed E-state index contributed by atoms with van der Waals surface area (Å²) >= 11 is 0. The Hall–Kier alpha value is 0.793. The third-order valence-corrected chi connectivity index (χ3v) is 0. The standard InChI is InChI=1S/Bi.HO3S.2H/c;1-4(2)3;;/h;(H,1,2,3);;/q+1;-1;;. The molecule has 0 unspecified atom stereocenters. The molecule has 0 heterocycles. The van der Waals surface area contributed by atoms with Gasteiger partial charge in [-0.2, -0.15) is 0 Å². The Balaban J connectivity index is 0. The molecule has 1 N–H and O–H groups in total. The Morgan fingerprint density at radius 1 is 1.40 bits per heavy atom. The van der Waals surface area contributed by atoms with E-state index in [0.717, 1.165) is 0 Å². The minimum absolute atomic E-state index is 0. The molecule has 0 amide bonds. The van der Waals surface area contributed by atoms with E-state index in [-0.39, 0.29) is 26.2 Å². The Labute approximate surface area is 50.3 Å². The van der Waals surface area contributed by atoms with Gasteiger partial charge in [0.25, 0.3) is 0 Å². The minimum atomic E-state index is -2.86. The van der Waals surface area contributed by atoms with Crippen LogP contribution in [0.3, 0.4) is 0 Å². The zero-order valence-electron chi connectivity index (χ0n) is 2.25. The second-order valence-corrected chi connectivity index (χ2v) is 0.651. The van der Waals surface area contributed by atoms with Crippen molar-refractivity contribution in [2.24, 2.45) is 0 Å². The summed E-state index contributed by atoms with van der Waals surface area (Å²) in [6.45, 7) is 0. The molecule has 0 aliphatic heterocycles. The van der Waals surface area contributed by atoms with Crippen molar-refractivity contribution in [2.45, 2.75) is 0 Å². The number of hydrogen-bond donors (Lipinski definition) is 1. The van der Waals surface area contributed by atoms with Crippen LogP contribution in [0.4, 0.5) is 0 Å². The molecule has 0 aliphatic carbocycles. The Morgan fingerprint density at radius 3 is 1.40 bits per heavy atom. The van der Waals surface area contributed by atoms with Crippen LogP contribution in [-0.4, -0.2) is 30.8 Å². The van der Waals surface area contributed by atoms with E-state index in [9.17, 15) is 0 Å². The molecule has 5 heteroatoms. The number of rotatable bonds is 0. The SMILES string of the molecule is O=[S-](=O)O.[BiH2+]. The van der Waals surface area contributed by atoms with Crippen molar-refractivity contribution in [3.8, 4) is 0 Å². The monoisotopic (exact) mass is 292 g/mol. The molecule has 3 nitrogen and oxygen atoms in total. The molecule has 5 heavy (non-hydrogen) atoms. The van der Waals surface area contributed by atoms with Gasteiger partial charge in [-0.1, -0.05) is 0 Å². The van der Waals surface area contributed by atoms with Crippen molar-refractivity contribution in [3.05, 3.63) is 0 Å². The second kappa shape index (κ2) is 4.79. The predicted molar refractivity (Wildman–Crippen MR) is 19.9 cm³/mol. The van der Waals surface area contributed by atoms with Crippen molar-refractivity contribution in [1.29, 1.82) is 0 Å². The summed E-state index contributed by atoms with van der Waals surface area (Å²) in [4.78, 5) is 0. The van der Waals surface area contributed by atoms with Crippen molar-refractivity contribution < 1.29 is 13.0 Å². The van der Waals surface area contributed by atoms with E-state index in [1.807, 2.05) is 0 Å². The van der Waals surface area contributed by atoms with Gasteiger partial charge in [0.2, 0.25) is 0 Å². The summed E-state index contributed by atoms with van der Waals surface area (Å²) < 4.78 is 24.1. The third-order valence-electron chi connectivity index (χ3n) is 0. The molecule has 0 saturated carbocycles. The average Bonchev–Trinajstić information content (AvgIpc) is 0.811. The fourth-order valence-corrected chi connectivity index (χ4v) is 0. The first-order valence-corrected chi connectivity index (χ1v) is 1.55. The summed E-state index contributed by atoms with van der Waals surface area (Å²) in [7, 11) is -2.86. The predicted octanol–water partition coefficient (Wildman–Crippen LogP) is -1.15. The normalized spacial score (nSPS) is 6.80. The Bertz CT molecular complexity index is 55.3. The summed E-state index contributed by atoms with van der Waals surface area (Å²) in [6, 6.07) is 0. The molecule has 2 radical (unpaired) electrons. The molecule has 0 aliphatic rings. The van der Waals surface area contributed by atoms with Gasteiger partial charge in [-0.15, -0.1) is 0 Å². The van der Waals surface area contributed by atoms with Crippen molar-refractivity contribution in [3.63, 3.8) is 0 Å². The van der Waals surface area contributed by atoms with Gasteiger partial charge in [-0.25, -0.2) is 0 Å². The van der Waals surface area contributed by atoms with Crippen LogP contribution in [0.25, 0.3) is 0 Å². The van der Waals surface area contributed by atoms with Crippen LogP contribution < -0.4 is 0 Å². The van der Waals surface area contributed by atoms with Gasteiger partial charge in [0.1, 0.15) is 0 Å². The quantitative estimate of drug-likeness (QED) is 0.265. The molecule has 0 saturated heterocycles. The molecular weight excluding hydrogens is 289 g/mol. The molecular formula is H3BiO3S. The Morgan fingerprint density at radius 2 is 1.40 bits per heavy atom. The molecule has 0 aromatic heterocycles. The van der Waals surface area contributed by atoms with E-state index in [1.54, 1.807) is 0 Å². The molecule has 0 aromatic rings. The first-order valence-electron chi connectivity index (χ1n) is 0.516. The summed E-state index contributed by atoms with van der Waals surface area (Å²) in [5.41, 5.74) is 0. The maximum absolute atomic E-state index is 8.56. The van der Waals surface area contributed by atoms with Crippen LogP contribution in [0.15, 0.2) is 0 Å². The van der Waals surface area contributed by atoms with E-state index >= 15 is 0 Å².